The maximum absolute atomic E-state index is 11.6. The summed E-state index contributed by atoms with van der Waals surface area (Å²) in [6.07, 6.45) is 4.01. The van der Waals surface area contributed by atoms with E-state index in [1.54, 1.807) is 11.4 Å². The van der Waals surface area contributed by atoms with Crippen LogP contribution in [0.1, 0.15) is 25.1 Å². The third-order valence-corrected chi connectivity index (χ3v) is 6.82. The SMILES string of the molecule is CN=C(NCCCn1c(C)nc2ccccc21)NCC1CCN(S(C)(=O)=O)CC1. The number of aryl methyl sites for hydroxylation is 2. The molecule has 1 aromatic heterocycles. The molecule has 1 fully saturated rings. The fraction of sp³-hybridized carbons (Fsp3) is 0.600. The van der Waals surface area contributed by atoms with Crippen LogP contribution in [0.2, 0.25) is 0 Å². The largest absolute Gasteiger partial charge is 0.356 e. The van der Waals surface area contributed by atoms with Crippen LogP contribution in [0.25, 0.3) is 11.0 Å². The molecule has 0 atom stereocenters. The average Bonchev–Trinajstić information content (AvgIpc) is 3.02. The number of para-hydroxylation sites is 2. The van der Waals surface area contributed by atoms with Gasteiger partial charge in [-0.1, -0.05) is 12.1 Å². The van der Waals surface area contributed by atoms with Crippen molar-refractivity contribution in [3.63, 3.8) is 0 Å². The molecule has 1 aromatic carbocycles. The summed E-state index contributed by atoms with van der Waals surface area (Å²) in [5.74, 6) is 2.29. The lowest BCUT2D eigenvalue weighted by molar-refractivity contribution is 0.275. The Kier molecular flexibility index (Phi) is 7.13. The van der Waals surface area contributed by atoms with Crippen LogP contribution < -0.4 is 10.6 Å². The molecule has 0 spiro atoms. The first-order chi connectivity index (χ1) is 13.9. The number of piperidine rings is 1. The number of hydrogen-bond donors (Lipinski definition) is 2. The molecule has 160 valence electrons. The fourth-order valence-electron chi connectivity index (χ4n) is 3.83. The summed E-state index contributed by atoms with van der Waals surface area (Å²) in [7, 11) is -1.29. The highest BCUT2D eigenvalue weighted by molar-refractivity contribution is 7.88. The smallest absolute Gasteiger partial charge is 0.211 e. The fourth-order valence-corrected chi connectivity index (χ4v) is 4.70. The number of hydrogen-bond acceptors (Lipinski definition) is 4. The van der Waals surface area contributed by atoms with Gasteiger partial charge in [0.25, 0.3) is 0 Å². The van der Waals surface area contributed by atoms with Gasteiger partial charge in [0.2, 0.25) is 10.0 Å². The van der Waals surface area contributed by atoms with Crippen molar-refractivity contribution >= 4 is 27.0 Å². The van der Waals surface area contributed by atoms with Crippen molar-refractivity contribution in [1.29, 1.82) is 0 Å². The maximum Gasteiger partial charge on any atom is 0.211 e. The summed E-state index contributed by atoms with van der Waals surface area (Å²) in [6, 6.07) is 8.22. The van der Waals surface area contributed by atoms with E-state index in [9.17, 15) is 8.42 Å². The molecule has 8 nitrogen and oxygen atoms in total. The summed E-state index contributed by atoms with van der Waals surface area (Å²) in [4.78, 5) is 8.91. The van der Waals surface area contributed by atoms with Crippen LogP contribution in [-0.4, -0.2) is 67.7 Å². The van der Waals surface area contributed by atoms with Crippen molar-refractivity contribution in [1.82, 2.24) is 24.5 Å². The zero-order valence-corrected chi connectivity index (χ0v) is 18.4. The van der Waals surface area contributed by atoms with Crippen LogP contribution in [0, 0.1) is 12.8 Å². The molecule has 3 rings (SSSR count). The number of fused-ring (bicyclic) bond motifs is 1. The van der Waals surface area contributed by atoms with Gasteiger partial charge in [0, 0.05) is 39.8 Å². The summed E-state index contributed by atoms with van der Waals surface area (Å²) < 4.78 is 27.0. The minimum absolute atomic E-state index is 0.464. The first-order valence-electron chi connectivity index (χ1n) is 10.2. The predicted molar refractivity (Wildman–Crippen MR) is 118 cm³/mol. The number of aromatic nitrogens is 2. The van der Waals surface area contributed by atoms with Crippen LogP contribution in [-0.2, 0) is 16.6 Å². The molecule has 1 aliphatic heterocycles. The van der Waals surface area contributed by atoms with Gasteiger partial charge in [-0.3, -0.25) is 4.99 Å². The third kappa shape index (κ3) is 5.70. The minimum atomic E-state index is -3.07. The summed E-state index contributed by atoms with van der Waals surface area (Å²) in [6.45, 7) is 5.79. The highest BCUT2D eigenvalue weighted by Gasteiger charge is 2.24. The van der Waals surface area contributed by atoms with Gasteiger partial charge >= 0.3 is 0 Å². The van der Waals surface area contributed by atoms with E-state index in [-0.39, 0.29) is 0 Å². The molecule has 9 heteroatoms. The lowest BCUT2D eigenvalue weighted by Crippen LogP contribution is -2.44. The number of guanidine groups is 1. The van der Waals surface area contributed by atoms with Gasteiger partial charge in [0.15, 0.2) is 5.96 Å². The number of sulfonamides is 1. The van der Waals surface area contributed by atoms with Gasteiger partial charge in [-0.2, -0.15) is 0 Å². The van der Waals surface area contributed by atoms with E-state index in [2.05, 4.69) is 31.2 Å². The number of nitrogens with zero attached hydrogens (tertiary/aromatic N) is 4. The van der Waals surface area contributed by atoms with Crippen molar-refractivity contribution in [2.24, 2.45) is 10.9 Å². The first-order valence-corrected chi connectivity index (χ1v) is 12.0. The molecule has 0 radical (unpaired) electrons. The van der Waals surface area contributed by atoms with Crippen molar-refractivity contribution < 1.29 is 8.42 Å². The Morgan fingerprint density at radius 3 is 2.66 bits per heavy atom. The van der Waals surface area contributed by atoms with Crippen LogP contribution in [0.5, 0.6) is 0 Å². The molecule has 0 saturated carbocycles. The van der Waals surface area contributed by atoms with Crippen LogP contribution in [0.3, 0.4) is 0 Å². The van der Waals surface area contributed by atoms with Crippen molar-refractivity contribution in [3.8, 4) is 0 Å². The molecule has 0 aliphatic carbocycles. The monoisotopic (exact) mass is 420 g/mol. The number of rotatable bonds is 7. The topological polar surface area (TPSA) is 91.6 Å². The van der Waals surface area contributed by atoms with E-state index in [1.807, 2.05) is 25.1 Å². The molecule has 1 aliphatic rings. The van der Waals surface area contributed by atoms with Gasteiger partial charge in [-0.25, -0.2) is 17.7 Å². The van der Waals surface area contributed by atoms with Crippen molar-refractivity contribution in [2.75, 3.05) is 39.5 Å². The Balaban J connectivity index is 1.39. The highest BCUT2D eigenvalue weighted by atomic mass is 32.2. The van der Waals surface area contributed by atoms with Gasteiger partial charge in [-0.05, 0) is 44.2 Å². The minimum Gasteiger partial charge on any atom is -0.356 e. The number of nitrogens with one attached hydrogen (secondary N) is 2. The van der Waals surface area contributed by atoms with E-state index in [1.165, 1.54) is 11.8 Å². The van der Waals surface area contributed by atoms with Crippen LogP contribution in [0.15, 0.2) is 29.3 Å². The lowest BCUT2D eigenvalue weighted by Gasteiger charge is -2.30. The molecule has 2 N–H and O–H groups in total. The standard InChI is InChI=1S/C20H32N6O2S/c1-16-24-18-7-4-5-8-19(18)26(16)12-6-11-22-20(21-2)23-15-17-9-13-25(14-10-17)29(3,27)28/h4-5,7-8,17H,6,9-15H2,1-3H3,(H2,21,22,23). The zero-order valence-electron chi connectivity index (χ0n) is 17.6. The Morgan fingerprint density at radius 1 is 1.24 bits per heavy atom. The number of aliphatic imine (C=N–C) groups is 1. The number of imidazole rings is 1. The Hall–Kier alpha value is -2.13. The molecule has 29 heavy (non-hydrogen) atoms. The number of benzene rings is 1. The normalized spacial score (nSPS) is 17.0. The van der Waals surface area contributed by atoms with Crippen LogP contribution in [0.4, 0.5) is 0 Å². The summed E-state index contributed by atoms with van der Waals surface area (Å²) in [5.41, 5.74) is 2.21. The van der Waals surface area contributed by atoms with E-state index < -0.39 is 10.0 Å². The Labute approximate surface area is 173 Å². The van der Waals surface area contributed by atoms with Crippen LogP contribution >= 0.6 is 0 Å². The zero-order chi connectivity index (χ0) is 20.9. The second-order valence-electron chi connectivity index (χ2n) is 7.64. The summed E-state index contributed by atoms with van der Waals surface area (Å²) in [5, 5.41) is 6.75. The van der Waals surface area contributed by atoms with Crippen molar-refractivity contribution in [2.45, 2.75) is 32.7 Å². The van der Waals surface area contributed by atoms with Crippen molar-refractivity contribution in [3.05, 3.63) is 30.1 Å². The lowest BCUT2D eigenvalue weighted by atomic mass is 9.98. The molecule has 0 unspecified atom stereocenters. The third-order valence-electron chi connectivity index (χ3n) is 5.52. The Bertz CT molecular complexity index is 945. The molecule has 0 amide bonds. The predicted octanol–water partition coefficient (Wildman–Crippen LogP) is 1.57. The second-order valence-corrected chi connectivity index (χ2v) is 9.62. The second kappa shape index (κ2) is 9.58. The molecule has 2 heterocycles. The molecule has 0 bridgehead atoms. The van der Waals surface area contributed by atoms with Gasteiger partial charge in [-0.15, -0.1) is 0 Å². The van der Waals surface area contributed by atoms with Gasteiger partial charge < -0.3 is 15.2 Å². The molecular formula is C20H32N6O2S. The summed E-state index contributed by atoms with van der Waals surface area (Å²) >= 11 is 0. The first kappa shape index (κ1) is 21.6. The quantitative estimate of drug-likeness (QED) is 0.403. The molecular weight excluding hydrogens is 388 g/mol. The van der Waals surface area contributed by atoms with E-state index in [0.29, 0.717) is 19.0 Å². The van der Waals surface area contributed by atoms with E-state index in [4.69, 9.17) is 0 Å². The van der Waals surface area contributed by atoms with E-state index in [0.717, 1.165) is 56.2 Å². The van der Waals surface area contributed by atoms with E-state index >= 15 is 0 Å². The van der Waals surface area contributed by atoms with Gasteiger partial charge in [0.05, 0.1) is 17.3 Å². The molecule has 1 saturated heterocycles. The maximum atomic E-state index is 11.6. The average molecular weight is 421 g/mol. The molecule has 2 aromatic rings. The van der Waals surface area contributed by atoms with Gasteiger partial charge in [0.1, 0.15) is 5.82 Å². The highest BCUT2D eigenvalue weighted by Crippen LogP contribution is 2.18. The Morgan fingerprint density at radius 2 is 1.97 bits per heavy atom.